The van der Waals surface area contributed by atoms with E-state index >= 15 is 0 Å². The second kappa shape index (κ2) is 4.28. The fourth-order valence-corrected chi connectivity index (χ4v) is 2.29. The predicted octanol–water partition coefficient (Wildman–Crippen LogP) is 1.42. The SMILES string of the molecule is Cc1c(NN2C=NCC2)cc(C#N)c2c1ncn2C. The van der Waals surface area contributed by atoms with Crippen LogP contribution in [0.2, 0.25) is 0 Å². The molecule has 2 heterocycles. The molecule has 0 bridgehead atoms. The smallest absolute Gasteiger partial charge is 0.104 e. The predicted molar refractivity (Wildman–Crippen MR) is 73.9 cm³/mol. The van der Waals surface area contributed by atoms with E-state index < -0.39 is 0 Å². The minimum atomic E-state index is 0.624. The maximum Gasteiger partial charge on any atom is 0.104 e. The first-order valence-electron chi connectivity index (χ1n) is 6.08. The third kappa shape index (κ3) is 1.80. The lowest BCUT2D eigenvalue weighted by molar-refractivity contribution is 0.557. The van der Waals surface area contributed by atoms with Gasteiger partial charge in [-0.15, -0.1) is 0 Å². The van der Waals surface area contributed by atoms with Gasteiger partial charge in [0.1, 0.15) is 12.4 Å². The number of rotatable bonds is 2. The average molecular weight is 254 g/mol. The Morgan fingerprint density at radius 3 is 3.00 bits per heavy atom. The van der Waals surface area contributed by atoms with Crippen molar-refractivity contribution in [2.45, 2.75) is 6.92 Å². The van der Waals surface area contributed by atoms with Crippen molar-refractivity contribution in [3.8, 4) is 6.07 Å². The molecular formula is C13H14N6. The molecule has 0 spiro atoms. The molecule has 1 aliphatic rings. The molecule has 6 nitrogen and oxygen atoms in total. The molecule has 0 atom stereocenters. The Hall–Kier alpha value is -2.55. The topological polar surface area (TPSA) is 69.2 Å². The molecule has 0 radical (unpaired) electrons. The van der Waals surface area contributed by atoms with Crippen molar-refractivity contribution in [1.82, 2.24) is 14.6 Å². The number of hydrogen-bond donors (Lipinski definition) is 1. The van der Waals surface area contributed by atoms with Crippen molar-refractivity contribution in [3.05, 3.63) is 23.5 Å². The molecular weight excluding hydrogens is 240 g/mol. The normalized spacial score (nSPS) is 14.1. The van der Waals surface area contributed by atoms with Crippen molar-refractivity contribution >= 4 is 23.1 Å². The number of aryl methyl sites for hydroxylation is 2. The highest BCUT2D eigenvalue weighted by Gasteiger charge is 2.15. The highest BCUT2D eigenvalue weighted by molar-refractivity contribution is 5.89. The van der Waals surface area contributed by atoms with Gasteiger partial charge in [0.05, 0.1) is 41.7 Å². The fourth-order valence-electron chi connectivity index (χ4n) is 2.29. The van der Waals surface area contributed by atoms with Gasteiger partial charge in [-0.05, 0) is 13.0 Å². The molecule has 6 heteroatoms. The van der Waals surface area contributed by atoms with Crippen LogP contribution >= 0.6 is 0 Å². The van der Waals surface area contributed by atoms with E-state index in [1.54, 1.807) is 12.7 Å². The molecule has 2 aromatic rings. The Balaban J connectivity index is 2.12. The number of aromatic nitrogens is 2. The minimum Gasteiger partial charge on any atom is -0.333 e. The summed E-state index contributed by atoms with van der Waals surface area (Å²) in [5.41, 5.74) is 7.57. The van der Waals surface area contributed by atoms with Crippen LogP contribution in [0.15, 0.2) is 17.4 Å². The Kier molecular flexibility index (Phi) is 2.60. The van der Waals surface area contributed by atoms with Gasteiger partial charge in [0.15, 0.2) is 0 Å². The molecule has 0 fully saturated rings. The van der Waals surface area contributed by atoms with Gasteiger partial charge in [-0.2, -0.15) is 5.26 Å². The van der Waals surface area contributed by atoms with Crippen LogP contribution in [0.5, 0.6) is 0 Å². The summed E-state index contributed by atoms with van der Waals surface area (Å²) in [6.07, 6.45) is 3.51. The molecule has 1 aliphatic heterocycles. The zero-order valence-electron chi connectivity index (χ0n) is 10.9. The Labute approximate surface area is 111 Å². The minimum absolute atomic E-state index is 0.624. The molecule has 96 valence electrons. The van der Waals surface area contributed by atoms with E-state index in [0.29, 0.717) is 5.56 Å². The third-order valence-electron chi connectivity index (χ3n) is 3.32. The quantitative estimate of drug-likeness (QED) is 0.880. The van der Waals surface area contributed by atoms with Gasteiger partial charge in [0.25, 0.3) is 0 Å². The van der Waals surface area contributed by atoms with Gasteiger partial charge >= 0.3 is 0 Å². The first-order valence-corrected chi connectivity index (χ1v) is 6.08. The number of benzene rings is 1. The van der Waals surface area contributed by atoms with E-state index in [2.05, 4.69) is 21.5 Å². The van der Waals surface area contributed by atoms with E-state index in [-0.39, 0.29) is 0 Å². The molecule has 0 saturated carbocycles. The number of aliphatic imine (C=N–C) groups is 1. The molecule has 1 N–H and O–H groups in total. The fraction of sp³-hybridized carbons (Fsp3) is 0.308. The van der Waals surface area contributed by atoms with Crippen molar-refractivity contribution in [3.63, 3.8) is 0 Å². The largest absolute Gasteiger partial charge is 0.333 e. The van der Waals surface area contributed by atoms with E-state index in [1.165, 1.54) is 0 Å². The first-order chi connectivity index (χ1) is 9.20. The van der Waals surface area contributed by atoms with Gasteiger partial charge in [-0.3, -0.25) is 15.4 Å². The zero-order valence-corrected chi connectivity index (χ0v) is 10.9. The van der Waals surface area contributed by atoms with Crippen molar-refractivity contribution in [1.29, 1.82) is 5.26 Å². The summed E-state index contributed by atoms with van der Waals surface area (Å²) in [4.78, 5) is 8.53. The van der Waals surface area contributed by atoms with Crippen LogP contribution < -0.4 is 5.43 Å². The summed E-state index contributed by atoms with van der Waals surface area (Å²) in [5.74, 6) is 0. The number of fused-ring (bicyclic) bond motifs is 1. The molecule has 0 aliphatic carbocycles. The molecule has 0 unspecified atom stereocenters. The molecule has 19 heavy (non-hydrogen) atoms. The second-order valence-corrected chi connectivity index (χ2v) is 4.59. The van der Waals surface area contributed by atoms with Crippen molar-refractivity contribution in [2.75, 3.05) is 18.5 Å². The number of anilines is 1. The van der Waals surface area contributed by atoms with Crippen LogP contribution in [0.3, 0.4) is 0 Å². The van der Waals surface area contributed by atoms with Gasteiger partial charge in [-0.25, -0.2) is 4.98 Å². The van der Waals surface area contributed by atoms with Crippen LogP contribution in [0.1, 0.15) is 11.1 Å². The van der Waals surface area contributed by atoms with Gasteiger partial charge in [0, 0.05) is 12.6 Å². The lowest BCUT2D eigenvalue weighted by atomic mass is 10.1. The Bertz CT molecular complexity index is 706. The van der Waals surface area contributed by atoms with Crippen LogP contribution in [-0.2, 0) is 7.05 Å². The number of hydrogen-bond acceptors (Lipinski definition) is 5. The summed E-state index contributed by atoms with van der Waals surface area (Å²) in [7, 11) is 1.90. The van der Waals surface area contributed by atoms with Crippen molar-refractivity contribution < 1.29 is 0 Å². The van der Waals surface area contributed by atoms with Gasteiger partial charge in [-0.1, -0.05) is 0 Å². The number of hydrazine groups is 1. The van der Waals surface area contributed by atoms with Crippen LogP contribution in [-0.4, -0.2) is 34.0 Å². The standard InChI is InChI=1S/C13H14N6/c1-9-11(17-19-4-3-15-7-19)5-10(6-14)13-12(9)16-8-18(13)2/h5,7-8,17H,3-4H2,1-2H3. The molecule has 0 saturated heterocycles. The molecule has 3 rings (SSSR count). The Morgan fingerprint density at radius 2 is 2.32 bits per heavy atom. The van der Waals surface area contributed by atoms with Gasteiger partial charge < -0.3 is 4.57 Å². The van der Waals surface area contributed by atoms with Gasteiger partial charge in [0.2, 0.25) is 0 Å². The maximum atomic E-state index is 9.30. The Morgan fingerprint density at radius 1 is 1.47 bits per heavy atom. The summed E-state index contributed by atoms with van der Waals surface area (Å²) in [5, 5.41) is 11.2. The lowest BCUT2D eigenvalue weighted by Crippen LogP contribution is -2.27. The molecule has 1 aromatic carbocycles. The van der Waals surface area contributed by atoms with E-state index in [9.17, 15) is 5.26 Å². The highest BCUT2D eigenvalue weighted by atomic mass is 15.5. The summed E-state index contributed by atoms with van der Waals surface area (Å²) in [6.45, 7) is 3.64. The second-order valence-electron chi connectivity index (χ2n) is 4.59. The average Bonchev–Trinajstić information content (AvgIpc) is 3.03. The molecule has 1 aromatic heterocycles. The lowest BCUT2D eigenvalue weighted by Gasteiger charge is -2.19. The highest BCUT2D eigenvalue weighted by Crippen LogP contribution is 2.28. The van der Waals surface area contributed by atoms with Crippen LogP contribution in [0, 0.1) is 18.3 Å². The van der Waals surface area contributed by atoms with E-state index in [0.717, 1.165) is 35.4 Å². The van der Waals surface area contributed by atoms with Crippen LogP contribution in [0.4, 0.5) is 5.69 Å². The monoisotopic (exact) mass is 254 g/mol. The molecule has 0 amide bonds. The van der Waals surface area contributed by atoms with Crippen LogP contribution in [0.25, 0.3) is 11.0 Å². The van der Waals surface area contributed by atoms with Crippen molar-refractivity contribution in [2.24, 2.45) is 12.0 Å². The first kappa shape index (κ1) is 11.5. The zero-order chi connectivity index (χ0) is 13.4. The maximum absolute atomic E-state index is 9.30. The third-order valence-corrected chi connectivity index (χ3v) is 3.32. The summed E-state index contributed by atoms with van der Waals surface area (Å²) >= 11 is 0. The van der Waals surface area contributed by atoms with E-state index in [4.69, 9.17) is 0 Å². The van der Waals surface area contributed by atoms with E-state index in [1.807, 2.05) is 29.6 Å². The number of nitrogens with zero attached hydrogens (tertiary/aromatic N) is 5. The summed E-state index contributed by atoms with van der Waals surface area (Å²) < 4.78 is 1.88. The number of imidazole rings is 1. The summed E-state index contributed by atoms with van der Waals surface area (Å²) in [6, 6.07) is 4.10. The number of nitriles is 1. The number of nitrogens with one attached hydrogen (secondary N) is 1.